The van der Waals surface area contributed by atoms with Gasteiger partial charge in [-0.2, -0.15) is 28.5 Å². The molecule has 0 unspecified atom stereocenters. The molecule has 18 nitrogen and oxygen atoms in total. The van der Waals surface area contributed by atoms with E-state index in [9.17, 15) is 57.3 Å². The molecule has 3 heterocycles. The minimum atomic E-state index is -4.46. The van der Waals surface area contributed by atoms with E-state index < -0.39 is 74.1 Å². The molecule has 3 amide bonds. The summed E-state index contributed by atoms with van der Waals surface area (Å²) in [6.07, 6.45) is 14.8. The van der Waals surface area contributed by atoms with Crippen LogP contribution in [0.4, 0.5) is 13.2 Å². The third kappa shape index (κ3) is 15.4. The number of nitrogens with one attached hydrogen (secondary N) is 3. The zero-order chi connectivity index (χ0) is 64.0. The number of amides is 3. The van der Waals surface area contributed by atoms with E-state index in [0.717, 1.165) is 108 Å². The van der Waals surface area contributed by atoms with Crippen molar-refractivity contribution in [2.45, 2.75) is 178 Å². The zero-order valence-corrected chi connectivity index (χ0v) is 51.1. The lowest BCUT2D eigenvalue weighted by molar-refractivity contribution is -0.137. The van der Waals surface area contributed by atoms with Crippen molar-refractivity contribution in [1.29, 1.82) is 0 Å². The van der Waals surface area contributed by atoms with Crippen molar-refractivity contribution in [3.05, 3.63) is 208 Å². The lowest BCUT2D eigenvalue weighted by Gasteiger charge is -2.31. The zero-order valence-electron chi connectivity index (χ0n) is 51.1. The average molecular weight is 1230 g/mol. The second-order valence-electron chi connectivity index (χ2n) is 25.5. The molecule has 5 fully saturated rings. The Morgan fingerprint density at radius 1 is 0.511 bits per heavy atom. The van der Waals surface area contributed by atoms with Gasteiger partial charge in [0, 0.05) is 35.4 Å². The SMILES string of the molecule is Cc1cc(C(F)(F)F)cc(C2(Cn3cc(O)c(=O)c(C(=O)NC4CC4)n3)CCCC2)c1.Cc1cccc(C2(Cn3cc(O)c(=O)c(C(=O)NCC4CC4)n3)CCCC2)c1.Cc1cccc(C2(Cn3cc(O)c(=O)c(C(=O)NCc4ccccc4)n3)CCCC2)c1. The summed E-state index contributed by atoms with van der Waals surface area (Å²) in [5.41, 5.74) is 2.10. The monoisotopic (exact) mass is 1230 g/mol. The van der Waals surface area contributed by atoms with E-state index in [1.54, 1.807) is 22.4 Å². The molecule has 5 aliphatic carbocycles. The van der Waals surface area contributed by atoms with Gasteiger partial charge in [-0.05, 0) is 125 Å². The van der Waals surface area contributed by atoms with E-state index in [2.05, 4.69) is 93.6 Å². The summed E-state index contributed by atoms with van der Waals surface area (Å²) in [6.45, 7) is 7.82. The number of benzene rings is 4. The van der Waals surface area contributed by atoms with E-state index in [-0.39, 0.29) is 41.3 Å². The van der Waals surface area contributed by atoms with Gasteiger partial charge in [0.2, 0.25) is 0 Å². The van der Waals surface area contributed by atoms with Crippen LogP contribution < -0.4 is 32.2 Å². The summed E-state index contributed by atoms with van der Waals surface area (Å²) in [7, 11) is 0. The lowest BCUT2D eigenvalue weighted by Crippen LogP contribution is -2.35. The molecule has 6 N–H and O–H groups in total. The van der Waals surface area contributed by atoms with Gasteiger partial charge in [0.1, 0.15) is 0 Å². The normalized spacial score (nSPS) is 17.1. The third-order valence-electron chi connectivity index (χ3n) is 18.3. The highest BCUT2D eigenvalue weighted by molar-refractivity contribution is 5.93. The van der Waals surface area contributed by atoms with Crippen molar-refractivity contribution >= 4 is 17.7 Å². The number of hydrogen-bond donors (Lipinski definition) is 6. The number of aromatic nitrogens is 6. The van der Waals surface area contributed by atoms with E-state index in [4.69, 9.17) is 0 Å². The minimum Gasteiger partial charge on any atom is -0.503 e. The number of alkyl halides is 3. The molecule has 90 heavy (non-hydrogen) atoms. The second kappa shape index (κ2) is 27.1. The van der Waals surface area contributed by atoms with Crippen molar-refractivity contribution in [2.75, 3.05) is 6.54 Å². The van der Waals surface area contributed by atoms with Crippen LogP contribution in [-0.4, -0.2) is 75.0 Å². The molecule has 0 spiro atoms. The molecule has 0 radical (unpaired) electrons. The highest BCUT2D eigenvalue weighted by Gasteiger charge is 2.41. The van der Waals surface area contributed by atoms with Gasteiger partial charge in [0.25, 0.3) is 34.0 Å². The molecular weight excluding hydrogens is 1160 g/mol. The number of halogens is 3. The molecule has 0 bridgehead atoms. The Morgan fingerprint density at radius 2 is 0.922 bits per heavy atom. The Labute approximate surface area is 519 Å². The Morgan fingerprint density at radius 3 is 1.33 bits per heavy atom. The van der Waals surface area contributed by atoms with Crippen LogP contribution in [0.5, 0.6) is 17.2 Å². The Kier molecular flexibility index (Phi) is 19.3. The lowest BCUT2D eigenvalue weighted by atomic mass is 9.77. The predicted octanol–water partition coefficient (Wildman–Crippen LogP) is 10.3. The first kappa shape index (κ1) is 64.1. The maximum atomic E-state index is 13.4. The quantitative estimate of drug-likeness (QED) is 0.0498. The Bertz CT molecular complexity index is 3950. The van der Waals surface area contributed by atoms with Crippen LogP contribution in [0.1, 0.15) is 179 Å². The van der Waals surface area contributed by atoms with Crippen molar-refractivity contribution in [3.8, 4) is 17.2 Å². The largest absolute Gasteiger partial charge is 0.503 e. The molecule has 7 aromatic rings. The molecule has 0 saturated heterocycles. The maximum absolute atomic E-state index is 13.4. The molecule has 21 heteroatoms. The predicted molar refractivity (Wildman–Crippen MR) is 333 cm³/mol. The van der Waals surface area contributed by atoms with E-state index in [1.807, 2.05) is 30.3 Å². The van der Waals surface area contributed by atoms with Gasteiger partial charge in [-0.1, -0.05) is 140 Å². The number of aryl methyl sites for hydroxylation is 3. The molecule has 5 saturated carbocycles. The topological polar surface area (TPSA) is 253 Å². The van der Waals surface area contributed by atoms with Crippen molar-refractivity contribution in [1.82, 2.24) is 45.3 Å². The van der Waals surface area contributed by atoms with Crippen LogP contribution in [0.2, 0.25) is 0 Å². The average Bonchev–Trinajstić information content (AvgIpc) is 2.02. The summed E-state index contributed by atoms with van der Waals surface area (Å²) >= 11 is 0. The fourth-order valence-corrected chi connectivity index (χ4v) is 13.1. The van der Waals surface area contributed by atoms with E-state index in [0.29, 0.717) is 49.5 Å². The highest BCUT2D eigenvalue weighted by atomic mass is 19.4. The molecule has 0 atom stereocenters. The third-order valence-corrected chi connectivity index (χ3v) is 18.3. The van der Waals surface area contributed by atoms with Gasteiger partial charge >= 0.3 is 6.18 Å². The first-order chi connectivity index (χ1) is 43.0. The molecule has 4 aromatic carbocycles. The number of hydrogen-bond acceptors (Lipinski definition) is 12. The van der Waals surface area contributed by atoms with Gasteiger partial charge in [-0.15, -0.1) is 0 Å². The number of rotatable bonds is 17. The molecule has 474 valence electrons. The summed E-state index contributed by atoms with van der Waals surface area (Å²) in [6, 6.07) is 30.5. The minimum absolute atomic E-state index is 0.0127. The van der Waals surface area contributed by atoms with E-state index in [1.165, 1.54) is 45.4 Å². The van der Waals surface area contributed by atoms with Crippen LogP contribution in [-0.2, 0) is 48.6 Å². The van der Waals surface area contributed by atoms with Crippen LogP contribution in [0.25, 0.3) is 0 Å². The van der Waals surface area contributed by atoms with Gasteiger partial charge in [-0.3, -0.25) is 42.8 Å². The van der Waals surface area contributed by atoms with E-state index >= 15 is 0 Å². The van der Waals surface area contributed by atoms with Crippen molar-refractivity contribution < 1.29 is 42.9 Å². The summed E-state index contributed by atoms with van der Waals surface area (Å²) < 4.78 is 44.7. The number of nitrogens with zero attached hydrogens (tertiary/aromatic N) is 6. The van der Waals surface area contributed by atoms with Crippen LogP contribution in [0.3, 0.4) is 0 Å². The Hall–Kier alpha value is -8.88. The Balaban J connectivity index is 0.000000149. The summed E-state index contributed by atoms with van der Waals surface area (Å²) in [4.78, 5) is 74.4. The van der Waals surface area contributed by atoms with Crippen LogP contribution in [0.15, 0.2) is 130 Å². The number of carbonyl (C=O) groups is 3. The second-order valence-corrected chi connectivity index (χ2v) is 25.5. The smallest absolute Gasteiger partial charge is 0.416 e. The standard InChI is InChI=1S/C25H27N3O3.C22H24F3N3O3.C22H27N3O3/c1-18-8-7-11-20(14-18)25(12-5-6-13-25)17-28-16-21(29)23(30)22(27-28)24(31)26-15-19-9-3-2-4-10-19;1-13-8-14(10-15(9-13)22(23,24)25)21(6-2-3-7-21)12-28-11-17(29)19(30)18(27-28)20(31)26-16-4-5-16;1-15-5-4-6-17(11-15)22(9-2-3-10-22)14-25-13-18(26)20(27)19(24-25)21(28)23-12-16-7-8-16/h2-4,7-11,14,16,29H,5-6,12-13,15,17H2,1H3,(H,26,31);8-11,16,29H,2-7,12H2,1H3,(H,26,31);4-6,11,13,16,26H,2-3,7-10,12,14H2,1H3,(H,23,28). The van der Waals surface area contributed by atoms with Gasteiger partial charge in [0.15, 0.2) is 34.3 Å². The fraction of sp³-hybridized carbons (Fsp3) is 0.435. The molecule has 0 aliphatic heterocycles. The molecule has 3 aromatic heterocycles. The van der Waals surface area contributed by atoms with Crippen molar-refractivity contribution in [2.24, 2.45) is 5.92 Å². The first-order valence-corrected chi connectivity index (χ1v) is 31.2. The maximum Gasteiger partial charge on any atom is 0.416 e. The molecule has 5 aliphatic rings. The first-order valence-electron chi connectivity index (χ1n) is 31.2. The van der Waals surface area contributed by atoms with Crippen LogP contribution in [0, 0.1) is 26.7 Å². The summed E-state index contributed by atoms with van der Waals surface area (Å²) in [5.74, 6) is -2.73. The number of aromatic hydroxyl groups is 3. The summed E-state index contributed by atoms with van der Waals surface area (Å²) in [5, 5.41) is 51.5. The van der Waals surface area contributed by atoms with Gasteiger partial charge in [-0.25, -0.2) is 0 Å². The van der Waals surface area contributed by atoms with Gasteiger partial charge < -0.3 is 31.3 Å². The van der Waals surface area contributed by atoms with Crippen molar-refractivity contribution in [3.63, 3.8) is 0 Å². The molecular formula is C69H78F3N9O9. The van der Waals surface area contributed by atoms with Gasteiger partial charge in [0.05, 0.1) is 43.8 Å². The highest BCUT2D eigenvalue weighted by Crippen LogP contribution is 2.46. The fourth-order valence-electron chi connectivity index (χ4n) is 13.1. The van der Waals surface area contributed by atoms with Crippen LogP contribution >= 0.6 is 0 Å². The molecule has 12 rings (SSSR count). The number of carbonyl (C=O) groups excluding carboxylic acids is 3.